The monoisotopic (exact) mass is 442 g/mol. The molecule has 0 aliphatic rings. The fourth-order valence-electron chi connectivity index (χ4n) is 3.04. The summed E-state index contributed by atoms with van der Waals surface area (Å²) in [6.07, 6.45) is 0. The second kappa shape index (κ2) is 8.57. The number of thioether (sulfide) groups is 1. The largest absolute Gasteiger partial charge is 0.325 e. The first-order valence-corrected chi connectivity index (χ1v) is 11.4. The topological polar surface area (TPSA) is 59.8 Å². The maximum atomic E-state index is 12.3. The van der Waals surface area contributed by atoms with Crippen LogP contribution in [0.3, 0.4) is 0 Å². The van der Waals surface area contributed by atoms with Gasteiger partial charge in [-0.25, -0.2) is 0 Å². The van der Waals surface area contributed by atoms with Gasteiger partial charge >= 0.3 is 0 Å². The second-order valence-electron chi connectivity index (χ2n) is 6.76. The first-order chi connectivity index (χ1) is 14.0. The smallest absolute Gasteiger partial charge is 0.234 e. The summed E-state index contributed by atoms with van der Waals surface area (Å²) in [5, 5.41) is 16.4. The molecular weight excluding hydrogens is 424 g/mol. The lowest BCUT2D eigenvalue weighted by atomic mass is 10.1. The number of nitrogens with zero attached hydrogens (tertiary/aromatic N) is 3. The van der Waals surface area contributed by atoms with Crippen LogP contribution >= 0.6 is 34.7 Å². The van der Waals surface area contributed by atoms with Crippen LogP contribution < -0.4 is 5.32 Å². The Morgan fingerprint density at radius 3 is 2.69 bits per heavy atom. The molecule has 1 N–H and O–H groups in total. The third-order valence-electron chi connectivity index (χ3n) is 4.36. The molecule has 29 heavy (non-hydrogen) atoms. The van der Waals surface area contributed by atoms with Crippen LogP contribution in [0.4, 0.5) is 5.69 Å². The molecular formula is C21H19ClN4OS2. The molecule has 148 valence electrons. The number of thiophene rings is 1. The van der Waals surface area contributed by atoms with Gasteiger partial charge in [0, 0.05) is 37.8 Å². The predicted molar refractivity (Wildman–Crippen MR) is 122 cm³/mol. The molecule has 0 spiro atoms. The zero-order valence-electron chi connectivity index (χ0n) is 15.9. The number of amides is 1. The number of hydrogen-bond donors (Lipinski definition) is 1. The van der Waals surface area contributed by atoms with Crippen LogP contribution in [0.15, 0.2) is 59.1 Å². The fraction of sp³-hybridized carbons (Fsp3) is 0.190. The van der Waals surface area contributed by atoms with Gasteiger partial charge in [0.05, 0.1) is 5.75 Å². The Hall–Kier alpha value is -2.35. The number of benzene rings is 2. The van der Waals surface area contributed by atoms with E-state index in [9.17, 15) is 4.79 Å². The number of hydrogen-bond acceptors (Lipinski definition) is 5. The molecule has 2 heterocycles. The van der Waals surface area contributed by atoms with Crippen LogP contribution in [-0.4, -0.2) is 26.4 Å². The maximum absolute atomic E-state index is 12.3. The zero-order valence-corrected chi connectivity index (χ0v) is 18.3. The molecule has 0 bridgehead atoms. The second-order valence-corrected chi connectivity index (χ2v) is 9.05. The summed E-state index contributed by atoms with van der Waals surface area (Å²) in [5.41, 5.74) is 1.79. The number of aromatic nitrogens is 3. The SMILES string of the molecule is CC(C)n1c(SCC(=O)Nc2ccc(Cl)cc2)nnc1-c1csc2ccccc12. The van der Waals surface area contributed by atoms with E-state index >= 15 is 0 Å². The number of carbonyl (C=O) groups excluding carboxylic acids is 1. The Labute approximate surface area is 182 Å². The van der Waals surface area contributed by atoms with Crippen molar-refractivity contribution in [1.29, 1.82) is 0 Å². The van der Waals surface area contributed by atoms with Crippen LogP contribution in [0.25, 0.3) is 21.5 Å². The third kappa shape index (κ3) is 4.32. The van der Waals surface area contributed by atoms with Gasteiger partial charge in [0.2, 0.25) is 5.91 Å². The van der Waals surface area contributed by atoms with E-state index < -0.39 is 0 Å². The van der Waals surface area contributed by atoms with Crippen LogP contribution in [0.2, 0.25) is 5.02 Å². The molecule has 1 amide bonds. The Morgan fingerprint density at radius 2 is 1.93 bits per heavy atom. The number of halogens is 1. The van der Waals surface area contributed by atoms with Crippen LogP contribution in [0, 0.1) is 0 Å². The summed E-state index contributed by atoms with van der Waals surface area (Å²) in [4.78, 5) is 12.3. The predicted octanol–water partition coefficient (Wildman–Crippen LogP) is 6.12. The molecule has 0 radical (unpaired) electrons. The molecule has 4 rings (SSSR count). The Morgan fingerprint density at radius 1 is 1.17 bits per heavy atom. The van der Waals surface area contributed by atoms with Crippen molar-refractivity contribution >= 4 is 56.4 Å². The van der Waals surface area contributed by atoms with Gasteiger partial charge in [0.25, 0.3) is 0 Å². The molecule has 0 atom stereocenters. The van der Waals surface area contributed by atoms with Crippen molar-refractivity contribution in [3.05, 3.63) is 58.9 Å². The lowest BCUT2D eigenvalue weighted by molar-refractivity contribution is -0.113. The van der Waals surface area contributed by atoms with Crippen molar-refractivity contribution < 1.29 is 4.79 Å². The molecule has 0 fully saturated rings. The molecule has 2 aromatic carbocycles. The van der Waals surface area contributed by atoms with Gasteiger partial charge in [-0.1, -0.05) is 41.6 Å². The summed E-state index contributed by atoms with van der Waals surface area (Å²) >= 11 is 8.96. The molecule has 5 nitrogen and oxygen atoms in total. The minimum absolute atomic E-state index is 0.0989. The molecule has 4 aromatic rings. The minimum Gasteiger partial charge on any atom is -0.325 e. The van der Waals surface area contributed by atoms with E-state index in [1.165, 1.54) is 21.8 Å². The summed E-state index contributed by atoms with van der Waals surface area (Å²) in [5.74, 6) is 0.980. The molecule has 0 aliphatic heterocycles. The average Bonchev–Trinajstić information content (AvgIpc) is 3.32. The molecule has 2 aromatic heterocycles. The summed E-state index contributed by atoms with van der Waals surface area (Å²) in [7, 11) is 0. The molecule has 0 saturated heterocycles. The molecule has 0 aliphatic carbocycles. The highest BCUT2D eigenvalue weighted by atomic mass is 35.5. The van der Waals surface area contributed by atoms with E-state index in [4.69, 9.17) is 11.6 Å². The fourth-order valence-corrected chi connectivity index (χ4v) is 4.97. The van der Waals surface area contributed by atoms with E-state index in [0.717, 1.165) is 22.2 Å². The zero-order chi connectivity index (χ0) is 20.4. The van der Waals surface area contributed by atoms with Gasteiger partial charge in [-0.3, -0.25) is 9.36 Å². The van der Waals surface area contributed by atoms with Crippen molar-refractivity contribution in [2.45, 2.75) is 25.0 Å². The van der Waals surface area contributed by atoms with Gasteiger partial charge in [0.15, 0.2) is 11.0 Å². The van der Waals surface area contributed by atoms with E-state index in [2.05, 4.69) is 51.4 Å². The number of rotatable bonds is 6. The number of carbonyl (C=O) groups is 1. The highest BCUT2D eigenvalue weighted by Crippen LogP contribution is 2.35. The number of nitrogens with one attached hydrogen (secondary N) is 1. The third-order valence-corrected chi connectivity index (χ3v) is 6.52. The van der Waals surface area contributed by atoms with E-state index in [-0.39, 0.29) is 17.7 Å². The van der Waals surface area contributed by atoms with Gasteiger partial charge in [0.1, 0.15) is 0 Å². The lowest BCUT2D eigenvalue weighted by Gasteiger charge is -2.13. The van der Waals surface area contributed by atoms with Gasteiger partial charge in [-0.05, 0) is 44.2 Å². The van der Waals surface area contributed by atoms with Gasteiger partial charge < -0.3 is 5.32 Å². The van der Waals surface area contributed by atoms with E-state index in [1.54, 1.807) is 35.6 Å². The molecule has 0 unspecified atom stereocenters. The maximum Gasteiger partial charge on any atom is 0.234 e. The summed E-state index contributed by atoms with van der Waals surface area (Å²) in [6.45, 7) is 4.19. The molecule has 0 saturated carbocycles. The van der Waals surface area contributed by atoms with E-state index in [1.807, 2.05) is 12.1 Å². The van der Waals surface area contributed by atoms with Crippen LogP contribution in [0.1, 0.15) is 19.9 Å². The highest BCUT2D eigenvalue weighted by Gasteiger charge is 2.20. The quantitative estimate of drug-likeness (QED) is 0.365. The first kappa shape index (κ1) is 19.9. The lowest BCUT2D eigenvalue weighted by Crippen LogP contribution is -2.15. The first-order valence-electron chi connectivity index (χ1n) is 9.12. The van der Waals surface area contributed by atoms with Gasteiger partial charge in [-0.2, -0.15) is 0 Å². The molecule has 8 heteroatoms. The Kier molecular flexibility index (Phi) is 5.89. The Bertz CT molecular complexity index is 1150. The van der Waals surface area contributed by atoms with E-state index in [0.29, 0.717) is 5.02 Å². The van der Waals surface area contributed by atoms with Crippen molar-refractivity contribution in [2.24, 2.45) is 0 Å². The highest BCUT2D eigenvalue weighted by molar-refractivity contribution is 7.99. The average molecular weight is 443 g/mol. The summed E-state index contributed by atoms with van der Waals surface area (Å²) in [6, 6.07) is 15.5. The van der Waals surface area contributed by atoms with Crippen molar-refractivity contribution in [3.8, 4) is 11.4 Å². The standard InChI is InChI=1S/C21H19ClN4OS2/c1-13(2)26-20(17-11-28-18-6-4-3-5-16(17)18)24-25-21(26)29-12-19(27)23-15-9-7-14(22)8-10-15/h3-11,13H,12H2,1-2H3,(H,23,27). The normalized spacial score (nSPS) is 11.3. The van der Waals surface area contributed by atoms with Gasteiger partial charge in [-0.15, -0.1) is 21.5 Å². The van der Waals surface area contributed by atoms with Crippen molar-refractivity contribution in [1.82, 2.24) is 14.8 Å². The van der Waals surface area contributed by atoms with Crippen molar-refractivity contribution in [3.63, 3.8) is 0 Å². The van der Waals surface area contributed by atoms with Crippen LogP contribution in [-0.2, 0) is 4.79 Å². The Balaban J connectivity index is 1.54. The van der Waals surface area contributed by atoms with Crippen molar-refractivity contribution in [2.75, 3.05) is 11.1 Å². The number of fused-ring (bicyclic) bond motifs is 1. The summed E-state index contributed by atoms with van der Waals surface area (Å²) < 4.78 is 3.31. The minimum atomic E-state index is -0.0989. The van der Waals surface area contributed by atoms with Crippen LogP contribution in [0.5, 0.6) is 0 Å². The number of anilines is 1.